The van der Waals surface area contributed by atoms with Crippen molar-refractivity contribution in [2.24, 2.45) is 0 Å². The van der Waals surface area contributed by atoms with E-state index in [0.717, 1.165) is 30.8 Å². The number of hydrogen-bond donors (Lipinski definition) is 0. The summed E-state index contributed by atoms with van der Waals surface area (Å²) < 4.78 is 10.6. The number of carbonyl (C=O) groups is 1. The van der Waals surface area contributed by atoms with Gasteiger partial charge in [0.05, 0.1) is 18.6 Å². The van der Waals surface area contributed by atoms with E-state index in [2.05, 4.69) is 15.0 Å². The first kappa shape index (κ1) is 23.4. The smallest absolute Gasteiger partial charge is 0.270 e. The van der Waals surface area contributed by atoms with Crippen LogP contribution in [0.4, 0.5) is 5.69 Å². The van der Waals surface area contributed by atoms with E-state index in [1.165, 1.54) is 12.1 Å². The molecule has 0 radical (unpaired) electrons. The number of benzene rings is 2. The third-order valence-corrected chi connectivity index (χ3v) is 5.87. The molecule has 2 aromatic carbocycles. The largest absolute Gasteiger partial charge is 0.497 e. The molecule has 2 heterocycles. The second kappa shape index (κ2) is 10.9. The maximum atomic E-state index is 12.7. The Morgan fingerprint density at radius 3 is 2.74 bits per heavy atom. The zero-order chi connectivity index (χ0) is 23.9. The third-order valence-electron chi connectivity index (χ3n) is 5.87. The highest BCUT2D eigenvalue weighted by Gasteiger charge is 2.21. The van der Waals surface area contributed by atoms with Crippen LogP contribution >= 0.6 is 0 Å². The molecule has 1 aromatic heterocycles. The van der Waals surface area contributed by atoms with Crippen LogP contribution in [-0.4, -0.2) is 64.1 Å². The van der Waals surface area contributed by atoms with Crippen LogP contribution in [0.15, 0.2) is 53.1 Å². The molecule has 1 aliphatic heterocycles. The minimum Gasteiger partial charge on any atom is -0.497 e. The average Bonchev–Trinajstić information content (AvgIpc) is 3.20. The van der Waals surface area contributed by atoms with Crippen LogP contribution in [0, 0.1) is 10.1 Å². The summed E-state index contributed by atoms with van der Waals surface area (Å²) in [6.45, 7) is 3.36. The van der Waals surface area contributed by atoms with E-state index < -0.39 is 4.92 Å². The van der Waals surface area contributed by atoms with Crippen LogP contribution in [0.2, 0.25) is 0 Å². The fourth-order valence-corrected chi connectivity index (χ4v) is 3.97. The predicted molar refractivity (Wildman–Crippen MR) is 124 cm³/mol. The lowest BCUT2D eigenvalue weighted by Gasteiger charge is -2.21. The zero-order valence-corrected chi connectivity index (χ0v) is 19.1. The highest BCUT2D eigenvalue weighted by Crippen LogP contribution is 2.22. The molecule has 0 N–H and O–H groups in total. The number of aromatic nitrogens is 2. The fourth-order valence-electron chi connectivity index (χ4n) is 3.97. The second-order valence-corrected chi connectivity index (χ2v) is 8.18. The number of ether oxygens (including phenoxy) is 1. The molecule has 1 aliphatic rings. The van der Waals surface area contributed by atoms with Crippen molar-refractivity contribution in [3.63, 3.8) is 0 Å². The molecule has 0 atom stereocenters. The molecule has 0 bridgehead atoms. The standard InChI is InChI=1S/C24H27N5O5/c1-33-21-9-6-18(7-10-21)8-11-23(30)28-13-3-12-27(14-15-28)17-22-25-24(26-34-22)19-4-2-5-20(16-19)29(31)32/h2,4-7,9-10,16H,3,8,11-15,17H2,1H3. The van der Waals surface area contributed by atoms with Gasteiger partial charge in [0, 0.05) is 50.3 Å². The highest BCUT2D eigenvalue weighted by molar-refractivity contribution is 5.76. The normalized spacial score (nSPS) is 14.6. The summed E-state index contributed by atoms with van der Waals surface area (Å²) in [5.41, 5.74) is 1.63. The van der Waals surface area contributed by atoms with Crippen LogP contribution in [-0.2, 0) is 17.8 Å². The topological polar surface area (TPSA) is 115 Å². The molecule has 3 aromatic rings. The highest BCUT2D eigenvalue weighted by atomic mass is 16.6. The number of non-ortho nitro benzene ring substituents is 1. The summed E-state index contributed by atoms with van der Waals surface area (Å²) in [6.07, 6.45) is 2.04. The van der Waals surface area contributed by atoms with Crippen molar-refractivity contribution in [2.45, 2.75) is 25.8 Å². The number of nitro groups is 1. The van der Waals surface area contributed by atoms with Gasteiger partial charge in [0.25, 0.3) is 5.69 Å². The molecule has 178 valence electrons. The van der Waals surface area contributed by atoms with Gasteiger partial charge in [0.2, 0.25) is 17.6 Å². The van der Waals surface area contributed by atoms with Gasteiger partial charge >= 0.3 is 0 Å². The SMILES string of the molecule is COc1ccc(CCC(=O)N2CCCN(Cc3nc(-c4cccc([N+](=O)[O-])c4)no3)CC2)cc1. The molecule has 0 unspecified atom stereocenters. The third kappa shape index (κ3) is 5.96. The number of methoxy groups -OCH3 is 1. The van der Waals surface area contributed by atoms with Crippen molar-refractivity contribution in [1.82, 2.24) is 19.9 Å². The van der Waals surface area contributed by atoms with E-state index in [-0.39, 0.29) is 11.6 Å². The Morgan fingerprint density at radius 1 is 1.15 bits per heavy atom. The van der Waals surface area contributed by atoms with E-state index in [1.54, 1.807) is 19.2 Å². The van der Waals surface area contributed by atoms with Gasteiger partial charge in [0.15, 0.2) is 0 Å². The summed E-state index contributed by atoms with van der Waals surface area (Å²) in [6, 6.07) is 14.0. The average molecular weight is 466 g/mol. The maximum Gasteiger partial charge on any atom is 0.270 e. The molecular weight excluding hydrogens is 438 g/mol. The first-order valence-electron chi connectivity index (χ1n) is 11.2. The number of hydrogen-bond acceptors (Lipinski definition) is 8. The summed E-state index contributed by atoms with van der Waals surface area (Å²) in [4.78, 5) is 31.8. The van der Waals surface area contributed by atoms with Gasteiger partial charge in [-0.25, -0.2) is 0 Å². The van der Waals surface area contributed by atoms with E-state index in [4.69, 9.17) is 9.26 Å². The Labute approximate surface area is 197 Å². The molecule has 4 rings (SSSR count). The number of carbonyl (C=O) groups excluding carboxylic acids is 1. The Morgan fingerprint density at radius 2 is 1.97 bits per heavy atom. The van der Waals surface area contributed by atoms with E-state index in [1.807, 2.05) is 29.2 Å². The number of nitrogens with zero attached hydrogens (tertiary/aromatic N) is 5. The van der Waals surface area contributed by atoms with E-state index in [0.29, 0.717) is 49.8 Å². The van der Waals surface area contributed by atoms with Gasteiger partial charge in [-0.3, -0.25) is 19.8 Å². The number of aryl methyl sites for hydroxylation is 1. The Hall–Kier alpha value is -3.79. The molecule has 10 nitrogen and oxygen atoms in total. The minimum atomic E-state index is -0.453. The summed E-state index contributed by atoms with van der Waals surface area (Å²) >= 11 is 0. The monoisotopic (exact) mass is 465 g/mol. The van der Waals surface area contributed by atoms with Gasteiger partial charge in [-0.1, -0.05) is 29.4 Å². The van der Waals surface area contributed by atoms with Gasteiger partial charge in [0.1, 0.15) is 5.75 Å². The molecule has 0 saturated carbocycles. The van der Waals surface area contributed by atoms with E-state index >= 15 is 0 Å². The molecule has 0 aliphatic carbocycles. The van der Waals surface area contributed by atoms with Crippen LogP contribution in [0.3, 0.4) is 0 Å². The molecule has 34 heavy (non-hydrogen) atoms. The number of nitro benzene ring substituents is 1. The maximum absolute atomic E-state index is 12.7. The lowest BCUT2D eigenvalue weighted by atomic mass is 10.1. The summed E-state index contributed by atoms with van der Waals surface area (Å²) in [5, 5.41) is 15.0. The number of amides is 1. The molecule has 1 amide bonds. The first-order chi connectivity index (χ1) is 16.5. The fraction of sp³-hybridized carbons (Fsp3) is 0.375. The van der Waals surface area contributed by atoms with Crippen molar-refractivity contribution >= 4 is 11.6 Å². The molecular formula is C24H27N5O5. The van der Waals surface area contributed by atoms with Crippen LogP contribution in [0.1, 0.15) is 24.3 Å². The van der Waals surface area contributed by atoms with Crippen LogP contribution in [0.5, 0.6) is 5.75 Å². The first-order valence-corrected chi connectivity index (χ1v) is 11.2. The Bertz CT molecular complexity index is 1130. The van der Waals surface area contributed by atoms with Crippen molar-refractivity contribution in [2.75, 3.05) is 33.3 Å². The zero-order valence-electron chi connectivity index (χ0n) is 19.1. The Balaban J connectivity index is 1.28. The van der Waals surface area contributed by atoms with Crippen molar-refractivity contribution in [3.8, 4) is 17.1 Å². The van der Waals surface area contributed by atoms with E-state index in [9.17, 15) is 14.9 Å². The molecule has 0 spiro atoms. The summed E-state index contributed by atoms with van der Waals surface area (Å²) in [7, 11) is 1.63. The minimum absolute atomic E-state index is 0.0203. The van der Waals surface area contributed by atoms with Crippen molar-refractivity contribution in [3.05, 3.63) is 70.1 Å². The number of rotatable bonds is 8. The van der Waals surface area contributed by atoms with Crippen molar-refractivity contribution < 1.29 is 19.0 Å². The summed E-state index contributed by atoms with van der Waals surface area (Å²) in [5.74, 6) is 1.73. The van der Waals surface area contributed by atoms with Gasteiger partial charge in [-0.2, -0.15) is 4.98 Å². The predicted octanol–water partition coefficient (Wildman–Crippen LogP) is 3.32. The van der Waals surface area contributed by atoms with Gasteiger partial charge < -0.3 is 14.2 Å². The van der Waals surface area contributed by atoms with Gasteiger partial charge in [-0.15, -0.1) is 0 Å². The molecule has 10 heteroatoms. The van der Waals surface area contributed by atoms with Crippen molar-refractivity contribution in [1.29, 1.82) is 0 Å². The lowest BCUT2D eigenvalue weighted by Crippen LogP contribution is -2.35. The van der Waals surface area contributed by atoms with Gasteiger partial charge in [-0.05, 0) is 30.5 Å². The Kier molecular flexibility index (Phi) is 7.48. The second-order valence-electron chi connectivity index (χ2n) is 8.18. The quantitative estimate of drug-likeness (QED) is 0.368. The molecule has 1 fully saturated rings. The van der Waals surface area contributed by atoms with Crippen LogP contribution in [0.25, 0.3) is 11.4 Å². The van der Waals surface area contributed by atoms with Crippen LogP contribution < -0.4 is 4.74 Å². The lowest BCUT2D eigenvalue weighted by molar-refractivity contribution is -0.384. The molecule has 1 saturated heterocycles.